The van der Waals surface area contributed by atoms with E-state index in [1.807, 2.05) is 0 Å². The molecule has 0 spiro atoms. The van der Waals surface area contributed by atoms with Gasteiger partial charge in [0.2, 0.25) is 0 Å². The highest BCUT2D eigenvalue weighted by Gasteiger charge is 2.29. The molecule has 2 nitrogen and oxygen atoms in total. The molecule has 2 aliphatic rings. The third kappa shape index (κ3) is 1.57. The summed E-state index contributed by atoms with van der Waals surface area (Å²) in [5.74, 6) is 0.947. The van der Waals surface area contributed by atoms with E-state index in [0.29, 0.717) is 0 Å². The Morgan fingerprint density at radius 3 is 2.73 bits per heavy atom. The second-order valence-corrected chi connectivity index (χ2v) is 4.01. The summed E-state index contributed by atoms with van der Waals surface area (Å²) < 4.78 is 0. The number of nitrogens with one attached hydrogen (secondary N) is 1. The van der Waals surface area contributed by atoms with Crippen LogP contribution in [0.15, 0.2) is 0 Å². The molecule has 2 rings (SSSR count). The Bertz CT molecular complexity index is 132. The van der Waals surface area contributed by atoms with Crippen molar-refractivity contribution in [1.82, 2.24) is 10.2 Å². The average Bonchev–Trinajstić information content (AvgIpc) is 1.83. The largest absolute Gasteiger partial charge is 0.314 e. The lowest BCUT2D eigenvalue weighted by molar-refractivity contribution is 0.143. The predicted octanol–water partition coefficient (Wildman–Crippen LogP) is 0.690. The predicted molar refractivity (Wildman–Crippen MR) is 46.6 cm³/mol. The average molecular weight is 154 g/mol. The molecule has 0 aromatic carbocycles. The van der Waals surface area contributed by atoms with Crippen molar-refractivity contribution >= 4 is 0 Å². The molecule has 2 saturated heterocycles. The molecule has 64 valence electrons. The van der Waals surface area contributed by atoms with Crippen molar-refractivity contribution < 1.29 is 0 Å². The van der Waals surface area contributed by atoms with E-state index >= 15 is 0 Å². The van der Waals surface area contributed by atoms with Crippen LogP contribution in [0, 0.1) is 5.92 Å². The Morgan fingerprint density at radius 2 is 2.18 bits per heavy atom. The smallest absolute Gasteiger partial charge is 0.0120 e. The molecule has 11 heavy (non-hydrogen) atoms. The summed E-state index contributed by atoms with van der Waals surface area (Å²) in [5, 5.41) is 3.51. The first-order chi connectivity index (χ1) is 5.36. The lowest BCUT2D eigenvalue weighted by Gasteiger charge is -2.40. The Kier molecular flexibility index (Phi) is 2.14. The summed E-state index contributed by atoms with van der Waals surface area (Å²) >= 11 is 0. The number of hydrogen-bond acceptors (Lipinski definition) is 2. The van der Waals surface area contributed by atoms with Crippen molar-refractivity contribution in [1.29, 1.82) is 0 Å². The summed E-state index contributed by atoms with van der Waals surface area (Å²) in [4.78, 5) is 2.47. The van der Waals surface area contributed by atoms with Crippen molar-refractivity contribution in [3.05, 3.63) is 0 Å². The van der Waals surface area contributed by atoms with Crippen LogP contribution in [0.2, 0.25) is 0 Å². The second-order valence-electron chi connectivity index (χ2n) is 4.01. The van der Waals surface area contributed by atoms with Gasteiger partial charge in [0.05, 0.1) is 0 Å². The van der Waals surface area contributed by atoms with Crippen molar-refractivity contribution in [2.24, 2.45) is 5.92 Å². The highest BCUT2D eigenvalue weighted by molar-refractivity contribution is 4.87. The van der Waals surface area contributed by atoms with Crippen LogP contribution in [0.25, 0.3) is 0 Å². The van der Waals surface area contributed by atoms with E-state index in [0.717, 1.165) is 12.0 Å². The van der Waals surface area contributed by atoms with Crippen LogP contribution in [0.3, 0.4) is 0 Å². The van der Waals surface area contributed by atoms with Gasteiger partial charge in [-0.1, -0.05) is 0 Å². The number of likely N-dealkylation sites (tertiary alicyclic amines) is 1. The standard InChI is InChI=1S/C9H18N2/c1-11-6-2-3-8(7-11)9-4-5-10-9/h8-10H,2-7H2,1H3. The summed E-state index contributed by atoms with van der Waals surface area (Å²) in [7, 11) is 2.24. The fourth-order valence-electron chi connectivity index (χ4n) is 2.25. The first kappa shape index (κ1) is 7.56. The maximum Gasteiger partial charge on any atom is 0.0120 e. The first-order valence-corrected chi connectivity index (χ1v) is 4.78. The monoisotopic (exact) mass is 154 g/mol. The molecule has 0 saturated carbocycles. The van der Waals surface area contributed by atoms with Crippen LogP contribution in [0.5, 0.6) is 0 Å². The van der Waals surface area contributed by atoms with Gasteiger partial charge >= 0.3 is 0 Å². The minimum Gasteiger partial charge on any atom is -0.314 e. The lowest BCUT2D eigenvalue weighted by Crippen LogP contribution is -2.52. The molecule has 0 aromatic rings. The maximum absolute atomic E-state index is 3.51. The van der Waals surface area contributed by atoms with Crippen LogP contribution < -0.4 is 5.32 Å². The summed E-state index contributed by atoms with van der Waals surface area (Å²) in [6, 6.07) is 0.859. The minimum atomic E-state index is 0.859. The van der Waals surface area contributed by atoms with E-state index in [9.17, 15) is 0 Å². The third-order valence-electron chi connectivity index (χ3n) is 3.09. The lowest BCUT2D eigenvalue weighted by atomic mass is 9.85. The van der Waals surface area contributed by atoms with Gasteiger partial charge in [0.1, 0.15) is 0 Å². The molecule has 2 atom stereocenters. The number of hydrogen-bond donors (Lipinski definition) is 1. The normalized spacial score (nSPS) is 40.1. The van der Waals surface area contributed by atoms with Gasteiger partial charge in [0.15, 0.2) is 0 Å². The number of piperidine rings is 1. The molecule has 2 fully saturated rings. The number of rotatable bonds is 1. The molecule has 0 bridgehead atoms. The van der Waals surface area contributed by atoms with E-state index in [-0.39, 0.29) is 0 Å². The topological polar surface area (TPSA) is 15.3 Å². The second kappa shape index (κ2) is 3.11. The molecule has 0 aliphatic carbocycles. The van der Waals surface area contributed by atoms with Gasteiger partial charge < -0.3 is 10.2 Å². The molecule has 0 aromatic heterocycles. The van der Waals surface area contributed by atoms with Crippen LogP contribution in [0.1, 0.15) is 19.3 Å². The van der Waals surface area contributed by atoms with Gasteiger partial charge in [-0.3, -0.25) is 0 Å². The molecule has 2 unspecified atom stereocenters. The van der Waals surface area contributed by atoms with E-state index < -0.39 is 0 Å². The zero-order valence-electron chi connectivity index (χ0n) is 7.34. The molecular formula is C9H18N2. The Morgan fingerprint density at radius 1 is 1.36 bits per heavy atom. The molecule has 0 radical (unpaired) electrons. The SMILES string of the molecule is CN1CCCC(C2CCN2)C1. The quantitative estimate of drug-likeness (QED) is 0.598. The molecule has 2 aliphatic heterocycles. The Labute approximate surface area is 69.0 Å². The molecule has 0 amide bonds. The van der Waals surface area contributed by atoms with Gasteiger partial charge in [0.25, 0.3) is 0 Å². The number of nitrogens with zero attached hydrogens (tertiary/aromatic N) is 1. The van der Waals surface area contributed by atoms with Crippen molar-refractivity contribution in [3.8, 4) is 0 Å². The molecule has 1 N–H and O–H groups in total. The van der Waals surface area contributed by atoms with Gasteiger partial charge in [-0.2, -0.15) is 0 Å². The van der Waals surface area contributed by atoms with E-state index in [1.165, 1.54) is 38.9 Å². The minimum absolute atomic E-state index is 0.859. The fraction of sp³-hybridized carbons (Fsp3) is 1.00. The van der Waals surface area contributed by atoms with Gasteiger partial charge in [-0.15, -0.1) is 0 Å². The van der Waals surface area contributed by atoms with Gasteiger partial charge in [0, 0.05) is 12.6 Å². The van der Waals surface area contributed by atoms with Crippen molar-refractivity contribution in [2.75, 3.05) is 26.7 Å². The Hall–Kier alpha value is -0.0800. The van der Waals surface area contributed by atoms with Crippen molar-refractivity contribution in [3.63, 3.8) is 0 Å². The molecule has 2 heterocycles. The van der Waals surface area contributed by atoms with Gasteiger partial charge in [-0.25, -0.2) is 0 Å². The van der Waals surface area contributed by atoms with Crippen LogP contribution in [-0.4, -0.2) is 37.6 Å². The summed E-state index contributed by atoms with van der Waals surface area (Å²) in [5.41, 5.74) is 0. The zero-order chi connectivity index (χ0) is 7.68. The highest BCUT2D eigenvalue weighted by atomic mass is 15.1. The van der Waals surface area contributed by atoms with Gasteiger partial charge in [-0.05, 0) is 45.3 Å². The maximum atomic E-state index is 3.51. The van der Waals surface area contributed by atoms with Crippen molar-refractivity contribution in [2.45, 2.75) is 25.3 Å². The first-order valence-electron chi connectivity index (χ1n) is 4.78. The highest BCUT2D eigenvalue weighted by Crippen LogP contribution is 2.23. The van der Waals surface area contributed by atoms with Crippen LogP contribution in [-0.2, 0) is 0 Å². The summed E-state index contributed by atoms with van der Waals surface area (Å²) in [6.07, 6.45) is 4.26. The summed E-state index contributed by atoms with van der Waals surface area (Å²) in [6.45, 7) is 3.88. The Balaban J connectivity index is 1.82. The van der Waals surface area contributed by atoms with E-state index in [2.05, 4.69) is 17.3 Å². The van der Waals surface area contributed by atoms with Crippen LogP contribution in [0.4, 0.5) is 0 Å². The zero-order valence-corrected chi connectivity index (χ0v) is 7.34. The molecule has 2 heteroatoms. The third-order valence-corrected chi connectivity index (χ3v) is 3.09. The molecular weight excluding hydrogens is 136 g/mol. The van der Waals surface area contributed by atoms with Crippen LogP contribution >= 0.6 is 0 Å². The fourth-order valence-corrected chi connectivity index (χ4v) is 2.25. The van der Waals surface area contributed by atoms with E-state index in [4.69, 9.17) is 0 Å². The van der Waals surface area contributed by atoms with E-state index in [1.54, 1.807) is 0 Å².